The summed E-state index contributed by atoms with van der Waals surface area (Å²) in [4.78, 5) is 12.0. The Balaban J connectivity index is 2.24. The molecule has 0 N–H and O–H groups in total. The average molecular weight is 269 g/mol. The Kier molecular flexibility index (Phi) is 3.60. The number of carbonyl (C=O) groups excluding carboxylic acids is 1. The molecule has 0 fully saturated rings. The van der Waals surface area contributed by atoms with E-state index in [1.54, 1.807) is 0 Å². The Morgan fingerprint density at radius 3 is 2.82 bits per heavy atom. The molecule has 2 rings (SSSR count). The van der Waals surface area contributed by atoms with Crippen molar-refractivity contribution in [3.05, 3.63) is 56.5 Å². The Morgan fingerprint density at radius 2 is 2.18 bits per heavy atom. The first-order valence-electron chi connectivity index (χ1n) is 5.08. The van der Waals surface area contributed by atoms with Crippen LogP contribution in [-0.2, 0) is 6.42 Å². The molecule has 0 spiro atoms. The van der Waals surface area contributed by atoms with Crippen LogP contribution >= 0.6 is 22.9 Å². The van der Waals surface area contributed by atoms with Crippen LogP contribution in [0, 0.1) is 12.7 Å². The van der Waals surface area contributed by atoms with Gasteiger partial charge in [0.25, 0.3) is 0 Å². The van der Waals surface area contributed by atoms with E-state index in [0.29, 0.717) is 16.1 Å². The molecule has 1 aromatic carbocycles. The van der Waals surface area contributed by atoms with Crippen molar-refractivity contribution in [1.29, 1.82) is 0 Å². The van der Waals surface area contributed by atoms with Crippen LogP contribution in [-0.4, -0.2) is 5.78 Å². The molecule has 0 saturated carbocycles. The first kappa shape index (κ1) is 12.3. The fourth-order valence-electron chi connectivity index (χ4n) is 1.59. The van der Waals surface area contributed by atoms with E-state index in [-0.39, 0.29) is 18.0 Å². The summed E-state index contributed by atoms with van der Waals surface area (Å²) >= 11 is 7.41. The maximum absolute atomic E-state index is 13.1. The molecular formula is C13H10ClFOS. The molecule has 0 aliphatic rings. The molecule has 1 heterocycles. The number of ketones is 1. The summed E-state index contributed by atoms with van der Waals surface area (Å²) in [6, 6.07) is 4.06. The Bertz CT molecular complexity index is 562. The van der Waals surface area contributed by atoms with E-state index in [1.165, 1.54) is 29.5 Å². The molecule has 0 saturated heterocycles. The van der Waals surface area contributed by atoms with Crippen LogP contribution in [0.25, 0.3) is 0 Å². The first-order chi connectivity index (χ1) is 8.08. The van der Waals surface area contributed by atoms with Gasteiger partial charge in [-0.25, -0.2) is 4.39 Å². The molecule has 2 aromatic rings. The number of halogens is 2. The molecule has 0 aliphatic heterocycles. The van der Waals surface area contributed by atoms with Crippen molar-refractivity contribution < 1.29 is 9.18 Å². The standard InChI is InChI=1S/C13H10ClFOS/c1-8-6-17-7-11(8)13(16)5-9-4-10(15)2-3-12(9)14/h2-4,6-7H,5H2,1H3. The van der Waals surface area contributed by atoms with Crippen molar-refractivity contribution in [1.82, 2.24) is 0 Å². The Hall–Kier alpha value is -1.19. The smallest absolute Gasteiger partial charge is 0.168 e. The van der Waals surface area contributed by atoms with Crippen molar-refractivity contribution in [3.63, 3.8) is 0 Å². The predicted octanol–water partition coefficient (Wildman–Crippen LogP) is 4.27. The monoisotopic (exact) mass is 268 g/mol. The second kappa shape index (κ2) is 4.98. The zero-order chi connectivity index (χ0) is 12.4. The Labute approximate surface area is 108 Å². The van der Waals surface area contributed by atoms with E-state index in [1.807, 2.05) is 17.7 Å². The summed E-state index contributed by atoms with van der Waals surface area (Å²) in [5.41, 5.74) is 2.17. The normalized spacial score (nSPS) is 10.5. The SMILES string of the molecule is Cc1cscc1C(=O)Cc1cc(F)ccc1Cl. The van der Waals surface area contributed by atoms with Gasteiger partial charge in [-0.2, -0.15) is 11.3 Å². The number of aryl methyl sites for hydroxylation is 1. The third kappa shape index (κ3) is 2.73. The number of benzene rings is 1. The second-order valence-electron chi connectivity index (χ2n) is 3.80. The van der Waals surface area contributed by atoms with E-state index >= 15 is 0 Å². The third-order valence-electron chi connectivity index (χ3n) is 2.51. The summed E-state index contributed by atoms with van der Waals surface area (Å²) < 4.78 is 13.1. The topological polar surface area (TPSA) is 17.1 Å². The fraction of sp³-hybridized carbons (Fsp3) is 0.154. The molecular weight excluding hydrogens is 259 g/mol. The van der Waals surface area contributed by atoms with Gasteiger partial charge in [-0.3, -0.25) is 4.79 Å². The van der Waals surface area contributed by atoms with Gasteiger partial charge in [0.05, 0.1) is 0 Å². The minimum absolute atomic E-state index is 0.0312. The van der Waals surface area contributed by atoms with Gasteiger partial charge in [-0.15, -0.1) is 0 Å². The molecule has 4 heteroatoms. The highest BCUT2D eigenvalue weighted by molar-refractivity contribution is 7.08. The third-order valence-corrected chi connectivity index (χ3v) is 3.74. The highest BCUT2D eigenvalue weighted by Crippen LogP contribution is 2.21. The molecule has 0 radical (unpaired) electrons. The maximum Gasteiger partial charge on any atom is 0.168 e. The second-order valence-corrected chi connectivity index (χ2v) is 4.95. The fourth-order valence-corrected chi connectivity index (χ4v) is 2.63. The molecule has 1 nitrogen and oxygen atoms in total. The van der Waals surface area contributed by atoms with Crippen molar-refractivity contribution >= 4 is 28.7 Å². The summed E-state index contributed by atoms with van der Waals surface area (Å²) in [6.45, 7) is 1.89. The van der Waals surface area contributed by atoms with E-state index in [4.69, 9.17) is 11.6 Å². The van der Waals surface area contributed by atoms with Gasteiger partial charge >= 0.3 is 0 Å². The largest absolute Gasteiger partial charge is 0.294 e. The number of hydrogen-bond acceptors (Lipinski definition) is 2. The highest BCUT2D eigenvalue weighted by Gasteiger charge is 2.13. The van der Waals surface area contributed by atoms with E-state index in [0.717, 1.165) is 5.56 Å². The van der Waals surface area contributed by atoms with Gasteiger partial charge in [-0.05, 0) is 41.6 Å². The minimum Gasteiger partial charge on any atom is -0.294 e. The van der Waals surface area contributed by atoms with Crippen molar-refractivity contribution in [2.45, 2.75) is 13.3 Å². The lowest BCUT2D eigenvalue weighted by Crippen LogP contribution is -2.04. The molecule has 0 bridgehead atoms. The molecule has 0 atom stereocenters. The predicted molar refractivity (Wildman–Crippen MR) is 68.5 cm³/mol. The summed E-state index contributed by atoms with van der Waals surface area (Å²) in [7, 11) is 0. The molecule has 0 aliphatic carbocycles. The lowest BCUT2D eigenvalue weighted by Gasteiger charge is -2.03. The van der Waals surface area contributed by atoms with Gasteiger partial charge < -0.3 is 0 Å². The van der Waals surface area contributed by atoms with Gasteiger partial charge in [-0.1, -0.05) is 11.6 Å². The van der Waals surface area contributed by atoms with Crippen LogP contribution in [0.15, 0.2) is 29.0 Å². The maximum atomic E-state index is 13.1. The van der Waals surface area contributed by atoms with Gasteiger partial charge in [0.15, 0.2) is 5.78 Å². The Morgan fingerprint density at radius 1 is 1.41 bits per heavy atom. The number of Topliss-reactive ketones (excluding diaryl/α,β-unsaturated/α-hetero) is 1. The van der Waals surface area contributed by atoms with E-state index in [2.05, 4.69) is 0 Å². The quantitative estimate of drug-likeness (QED) is 0.760. The molecule has 0 amide bonds. The first-order valence-corrected chi connectivity index (χ1v) is 6.40. The lowest BCUT2D eigenvalue weighted by atomic mass is 10.0. The number of hydrogen-bond donors (Lipinski definition) is 0. The molecule has 88 valence electrons. The average Bonchev–Trinajstić information content (AvgIpc) is 2.70. The lowest BCUT2D eigenvalue weighted by molar-refractivity contribution is 0.0993. The van der Waals surface area contributed by atoms with E-state index < -0.39 is 0 Å². The van der Waals surface area contributed by atoms with Crippen LogP contribution in [0.4, 0.5) is 4.39 Å². The van der Waals surface area contributed by atoms with Gasteiger partial charge in [0, 0.05) is 22.4 Å². The zero-order valence-electron chi connectivity index (χ0n) is 9.17. The number of thiophene rings is 1. The number of rotatable bonds is 3. The van der Waals surface area contributed by atoms with Crippen molar-refractivity contribution in [3.8, 4) is 0 Å². The molecule has 0 unspecified atom stereocenters. The molecule has 1 aromatic heterocycles. The molecule has 17 heavy (non-hydrogen) atoms. The minimum atomic E-state index is -0.376. The summed E-state index contributed by atoms with van der Waals surface area (Å²) in [5.74, 6) is -0.407. The van der Waals surface area contributed by atoms with Crippen LogP contribution in [0.5, 0.6) is 0 Å². The van der Waals surface area contributed by atoms with Crippen LogP contribution in [0.3, 0.4) is 0 Å². The zero-order valence-corrected chi connectivity index (χ0v) is 10.7. The van der Waals surface area contributed by atoms with Gasteiger partial charge in [0.2, 0.25) is 0 Å². The number of carbonyl (C=O) groups is 1. The van der Waals surface area contributed by atoms with Crippen LogP contribution in [0.2, 0.25) is 5.02 Å². The summed E-state index contributed by atoms with van der Waals surface area (Å²) in [6.07, 6.45) is 0.133. The summed E-state index contributed by atoms with van der Waals surface area (Å²) in [5, 5.41) is 4.15. The van der Waals surface area contributed by atoms with E-state index in [9.17, 15) is 9.18 Å². The van der Waals surface area contributed by atoms with Crippen molar-refractivity contribution in [2.75, 3.05) is 0 Å². The highest BCUT2D eigenvalue weighted by atomic mass is 35.5. The van der Waals surface area contributed by atoms with Crippen LogP contribution in [0.1, 0.15) is 21.5 Å². The van der Waals surface area contributed by atoms with Crippen LogP contribution < -0.4 is 0 Å². The van der Waals surface area contributed by atoms with Gasteiger partial charge in [0.1, 0.15) is 5.82 Å². The van der Waals surface area contributed by atoms with Crippen molar-refractivity contribution in [2.24, 2.45) is 0 Å².